The molecule has 1 heterocycles. The summed E-state index contributed by atoms with van der Waals surface area (Å²) < 4.78 is 5.20. The molecule has 0 saturated heterocycles. The van der Waals surface area contributed by atoms with Crippen molar-refractivity contribution in [1.29, 1.82) is 0 Å². The van der Waals surface area contributed by atoms with E-state index in [1.54, 1.807) is 6.26 Å². The van der Waals surface area contributed by atoms with Crippen molar-refractivity contribution in [1.82, 2.24) is 0 Å². The molecule has 0 aliphatic heterocycles. The first-order valence-corrected chi connectivity index (χ1v) is 4.63. The molecule has 2 nitrogen and oxygen atoms in total. The fraction of sp³-hybridized carbons (Fsp3) is 0.600. The standard InChI is InChI=1S/C10H17NO/c1-2-3-4-6-9(11)10-7-5-8-12-10/h5,7-9H,2-4,6,11H2,1H3/t9-/m0/s1. The van der Waals surface area contributed by atoms with E-state index in [0.29, 0.717) is 0 Å². The van der Waals surface area contributed by atoms with Gasteiger partial charge in [-0.05, 0) is 18.6 Å². The molecule has 0 aromatic carbocycles. The molecule has 2 heteroatoms. The molecule has 0 unspecified atom stereocenters. The Hall–Kier alpha value is -0.760. The first-order valence-electron chi connectivity index (χ1n) is 4.63. The molecule has 0 radical (unpaired) electrons. The molecule has 68 valence electrons. The lowest BCUT2D eigenvalue weighted by atomic mass is 10.1. The van der Waals surface area contributed by atoms with E-state index in [-0.39, 0.29) is 6.04 Å². The number of rotatable bonds is 5. The van der Waals surface area contributed by atoms with Gasteiger partial charge < -0.3 is 10.2 Å². The smallest absolute Gasteiger partial charge is 0.120 e. The Balaban J connectivity index is 2.25. The van der Waals surface area contributed by atoms with E-state index >= 15 is 0 Å². The molecule has 1 aromatic rings. The molecule has 0 amide bonds. The Labute approximate surface area is 73.8 Å². The maximum atomic E-state index is 5.89. The van der Waals surface area contributed by atoms with Gasteiger partial charge in [-0.15, -0.1) is 0 Å². The summed E-state index contributed by atoms with van der Waals surface area (Å²) >= 11 is 0. The molecule has 0 bridgehead atoms. The summed E-state index contributed by atoms with van der Waals surface area (Å²) in [6.07, 6.45) is 6.40. The molecule has 2 N–H and O–H groups in total. The van der Waals surface area contributed by atoms with E-state index < -0.39 is 0 Å². The van der Waals surface area contributed by atoms with E-state index in [1.807, 2.05) is 12.1 Å². The second kappa shape index (κ2) is 4.99. The zero-order valence-corrected chi connectivity index (χ0v) is 7.62. The van der Waals surface area contributed by atoms with Crippen LogP contribution in [0.25, 0.3) is 0 Å². The lowest BCUT2D eigenvalue weighted by molar-refractivity contribution is 0.441. The molecule has 0 aliphatic rings. The summed E-state index contributed by atoms with van der Waals surface area (Å²) in [7, 11) is 0. The summed E-state index contributed by atoms with van der Waals surface area (Å²) in [6, 6.07) is 3.91. The van der Waals surface area contributed by atoms with Crippen molar-refractivity contribution in [3.8, 4) is 0 Å². The van der Waals surface area contributed by atoms with E-state index in [1.165, 1.54) is 19.3 Å². The van der Waals surface area contributed by atoms with Crippen LogP contribution in [0.5, 0.6) is 0 Å². The van der Waals surface area contributed by atoms with Gasteiger partial charge in [0, 0.05) is 0 Å². The zero-order chi connectivity index (χ0) is 8.81. The Morgan fingerprint density at radius 2 is 2.33 bits per heavy atom. The van der Waals surface area contributed by atoms with Gasteiger partial charge in [-0.1, -0.05) is 26.2 Å². The number of hydrogen-bond acceptors (Lipinski definition) is 2. The highest BCUT2D eigenvalue weighted by Gasteiger charge is 2.06. The van der Waals surface area contributed by atoms with Crippen LogP contribution in [0.15, 0.2) is 22.8 Å². The number of furan rings is 1. The highest BCUT2D eigenvalue weighted by molar-refractivity contribution is 5.02. The fourth-order valence-electron chi connectivity index (χ4n) is 1.26. The largest absolute Gasteiger partial charge is 0.468 e. The normalized spacial score (nSPS) is 13.2. The lowest BCUT2D eigenvalue weighted by Crippen LogP contribution is -2.08. The van der Waals surface area contributed by atoms with E-state index in [2.05, 4.69) is 6.92 Å². The molecule has 1 aromatic heterocycles. The third-order valence-corrected chi connectivity index (χ3v) is 2.03. The Morgan fingerprint density at radius 1 is 1.50 bits per heavy atom. The van der Waals surface area contributed by atoms with Gasteiger partial charge in [-0.3, -0.25) is 0 Å². The average molecular weight is 167 g/mol. The summed E-state index contributed by atoms with van der Waals surface area (Å²) in [5, 5.41) is 0. The second-order valence-electron chi connectivity index (χ2n) is 3.12. The molecule has 0 spiro atoms. The van der Waals surface area contributed by atoms with Gasteiger partial charge in [0.1, 0.15) is 5.76 Å². The zero-order valence-electron chi connectivity index (χ0n) is 7.62. The van der Waals surface area contributed by atoms with Crippen molar-refractivity contribution in [3.05, 3.63) is 24.2 Å². The monoisotopic (exact) mass is 167 g/mol. The Morgan fingerprint density at radius 3 is 2.92 bits per heavy atom. The summed E-state index contributed by atoms with van der Waals surface area (Å²) in [5.41, 5.74) is 5.89. The summed E-state index contributed by atoms with van der Waals surface area (Å²) in [4.78, 5) is 0. The van der Waals surface area contributed by atoms with Crippen LogP contribution in [0.4, 0.5) is 0 Å². The third kappa shape index (κ3) is 2.70. The molecule has 0 saturated carbocycles. The van der Waals surface area contributed by atoms with Gasteiger partial charge in [0.15, 0.2) is 0 Å². The van der Waals surface area contributed by atoms with Crippen molar-refractivity contribution in [2.45, 2.75) is 38.6 Å². The predicted molar refractivity (Wildman–Crippen MR) is 49.8 cm³/mol. The first-order chi connectivity index (χ1) is 5.84. The van der Waals surface area contributed by atoms with Crippen molar-refractivity contribution < 1.29 is 4.42 Å². The van der Waals surface area contributed by atoms with Crippen molar-refractivity contribution in [2.24, 2.45) is 5.73 Å². The number of unbranched alkanes of at least 4 members (excludes halogenated alkanes) is 2. The van der Waals surface area contributed by atoms with Gasteiger partial charge in [0.2, 0.25) is 0 Å². The van der Waals surface area contributed by atoms with Gasteiger partial charge in [0.25, 0.3) is 0 Å². The van der Waals surface area contributed by atoms with Crippen LogP contribution in [-0.2, 0) is 0 Å². The SMILES string of the molecule is CCCCC[C@H](N)c1ccco1. The second-order valence-corrected chi connectivity index (χ2v) is 3.12. The van der Waals surface area contributed by atoms with Crippen molar-refractivity contribution in [3.63, 3.8) is 0 Å². The predicted octanol–water partition coefficient (Wildman–Crippen LogP) is 2.86. The first kappa shape index (κ1) is 9.33. The maximum Gasteiger partial charge on any atom is 0.120 e. The number of nitrogens with two attached hydrogens (primary N) is 1. The van der Waals surface area contributed by atoms with Gasteiger partial charge in [0.05, 0.1) is 12.3 Å². The van der Waals surface area contributed by atoms with E-state index in [9.17, 15) is 0 Å². The molecular formula is C10H17NO. The average Bonchev–Trinajstić information content (AvgIpc) is 2.56. The Bertz CT molecular complexity index is 194. The minimum atomic E-state index is 0.0894. The molecule has 0 fully saturated rings. The number of hydrogen-bond donors (Lipinski definition) is 1. The third-order valence-electron chi connectivity index (χ3n) is 2.03. The van der Waals surface area contributed by atoms with Crippen molar-refractivity contribution in [2.75, 3.05) is 0 Å². The van der Waals surface area contributed by atoms with Crippen LogP contribution < -0.4 is 5.73 Å². The molecule has 12 heavy (non-hydrogen) atoms. The minimum absolute atomic E-state index is 0.0894. The van der Waals surface area contributed by atoms with Crippen LogP contribution in [0, 0.1) is 0 Å². The Kier molecular flexibility index (Phi) is 3.88. The minimum Gasteiger partial charge on any atom is -0.468 e. The van der Waals surface area contributed by atoms with Crippen LogP contribution in [0.1, 0.15) is 44.4 Å². The van der Waals surface area contributed by atoms with Crippen molar-refractivity contribution >= 4 is 0 Å². The van der Waals surface area contributed by atoms with Gasteiger partial charge >= 0.3 is 0 Å². The topological polar surface area (TPSA) is 39.2 Å². The van der Waals surface area contributed by atoms with Gasteiger partial charge in [-0.2, -0.15) is 0 Å². The molecular weight excluding hydrogens is 150 g/mol. The van der Waals surface area contributed by atoms with Crippen LogP contribution in [-0.4, -0.2) is 0 Å². The van der Waals surface area contributed by atoms with Crippen LogP contribution >= 0.6 is 0 Å². The summed E-state index contributed by atoms with van der Waals surface area (Å²) in [5.74, 6) is 0.908. The quantitative estimate of drug-likeness (QED) is 0.685. The molecule has 1 atom stereocenters. The highest BCUT2D eigenvalue weighted by Crippen LogP contribution is 2.17. The molecule has 1 rings (SSSR count). The lowest BCUT2D eigenvalue weighted by Gasteiger charge is -2.06. The van der Waals surface area contributed by atoms with E-state index in [0.717, 1.165) is 12.2 Å². The van der Waals surface area contributed by atoms with Crippen LogP contribution in [0.3, 0.4) is 0 Å². The highest BCUT2D eigenvalue weighted by atomic mass is 16.3. The molecule has 0 aliphatic carbocycles. The van der Waals surface area contributed by atoms with Crippen LogP contribution in [0.2, 0.25) is 0 Å². The summed E-state index contributed by atoms with van der Waals surface area (Å²) in [6.45, 7) is 2.19. The van der Waals surface area contributed by atoms with E-state index in [4.69, 9.17) is 10.2 Å². The fourth-order valence-corrected chi connectivity index (χ4v) is 1.26. The maximum absolute atomic E-state index is 5.89. The van der Waals surface area contributed by atoms with Gasteiger partial charge in [-0.25, -0.2) is 0 Å².